The Balaban J connectivity index is 1.92. The average Bonchev–Trinajstić information content (AvgIpc) is 2.73. The lowest BCUT2D eigenvalue weighted by Crippen LogP contribution is -2.41. The van der Waals surface area contributed by atoms with Crippen molar-refractivity contribution < 1.29 is 19.3 Å². The van der Waals surface area contributed by atoms with Crippen LogP contribution < -0.4 is 9.99 Å². The molecule has 1 aromatic carbocycles. The third-order valence-electron chi connectivity index (χ3n) is 3.02. The van der Waals surface area contributed by atoms with Crippen molar-refractivity contribution >= 4 is 23.2 Å². The summed E-state index contributed by atoms with van der Waals surface area (Å²) < 4.78 is 1.40. The zero-order chi connectivity index (χ0) is 14.8. The number of para-hydroxylation sites is 1. The van der Waals surface area contributed by atoms with Crippen molar-refractivity contribution in [1.29, 1.82) is 0 Å². The van der Waals surface area contributed by atoms with Crippen LogP contribution in [0, 0.1) is 0 Å². The molecular formula is C15H12N3O3+. The summed E-state index contributed by atoms with van der Waals surface area (Å²) in [7, 11) is 0. The third-order valence-corrected chi connectivity index (χ3v) is 3.02. The van der Waals surface area contributed by atoms with Gasteiger partial charge >= 0.3 is 17.5 Å². The number of imide groups is 1. The summed E-state index contributed by atoms with van der Waals surface area (Å²) in [6, 6.07) is 14.0. The zero-order valence-electron chi connectivity index (χ0n) is 10.9. The molecule has 104 valence electrons. The van der Waals surface area contributed by atoms with E-state index < -0.39 is 17.6 Å². The van der Waals surface area contributed by atoms with Crippen molar-refractivity contribution in [3.8, 4) is 0 Å². The summed E-state index contributed by atoms with van der Waals surface area (Å²) in [6.45, 7) is 0. The number of pyridine rings is 1. The Bertz CT molecular complexity index is 726. The number of hydrogen-bond acceptors (Lipinski definition) is 4. The number of hydrazine groups is 1. The molecule has 2 heterocycles. The van der Waals surface area contributed by atoms with E-state index >= 15 is 0 Å². The first-order valence-electron chi connectivity index (χ1n) is 6.29. The van der Waals surface area contributed by atoms with Gasteiger partial charge in [0.25, 0.3) is 5.76 Å². The Labute approximate surface area is 120 Å². The van der Waals surface area contributed by atoms with Crippen LogP contribution in [0.25, 0.3) is 5.70 Å². The number of anilines is 1. The second kappa shape index (κ2) is 5.09. The first-order chi connectivity index (χ1) is 10.2. The molecule has 0 unspecified atom stereocenters. The maximum absolute atomic E-state index is 12.3. The van der Waals surface area contributed by atoms with E-state index in [4.69, 9.17) is 0 Å². The van der Waals surface area contributed by atoms with Gasteiger partial charge in [-0.3, -0.25) is 15.0 Å². The molecule has 2 N–H and O–H groups in total. The van der Waals surface area contributed by atoms with Gasteiger partial charge in [0.1, 0.15) is 0 Å². The largest absolute Gasteiger partial charge is 0.498 e. The highest BCUT2D eigenvalue weighted by molar-refractivity contribution is 6.29. The van der Waals surface area contributed by atoms with Crippen LogP contribution in [-0.2, 0) is 9.59 Å². The number of carbonyl (C=O) groups is 2. The molecule has 2 aromatic rings. The Morgan fingerprint density at radius 1 is 0.905 bits per heavy atom. The van der Waals surface area contributed by atoms with E-state index in [1.54, 1.807) is 54.9 Å². The van der Waals surface area contributed by atoms with Crippen LogP contribution in [-0.4, -0.2) is 21.9 Å². The number of amides is 2. The molecule has 6 nitrogen and oxygen atoms in total. The predicted octanol–water partition coefficient (Wildman–Crippen LogP) is 1.10. The average molecular weight is 282 g/mol. The maximum atomic E-state index is 12.3. The summed E-state index contributed by atoms with van der Waals surface area (Å²) in [5.41, 5.74) is 3.19. The molecule has 2 amide bonds. The summed E-state index contributed by atoms with van der Waals surface area (Å²) in [6.07, 6.45) is 3.17. The van der Waals surface area contributed by atoms with E-state index in [0.29, 0.717) is 5.69 Å². The molecule has 1 aliphatic rings. The lowest BCUT2D eigenvalue weighted by atomic mass is 10.3. The van der Waals surface area contributed by atoms with Crippen LogP contribution in [0.3, 0.4) is 0 Å². The van der Waals surface area contributed by atoms with Gasteiger partial charge in [-0.1, -0.05) is 24.3 Å². The number of hydrogen-bond donors (Lipinski definition) is 2. The van der Waals surface area contributed by atoms with Gasteiger partial charge < -0.3 is 5.11 Å². The molecule has 0 saturated carbocycles. The molecule has 1 aromatic heterocycles. The van der Waals surface area contributed by atoms with E-state index in [-0.39, 0.29) is 5.70 Å². The first kappa shape index (κ1) is 12.9. The number of carbonyl (C=O) groups excluding carboxylic acids is 2. The van der Waals surface area contributed by atoms with Gasteiger partial charge in [-0.2, -0.15) is 9.58 Å². The minimum Gasteiger partial charge on any atom is -0.498 e. The highest BCUT2D eigenvalue weighted by Gasteiger charge is 2.45. The molecular weight excluding hydrogens is 270 g/mol. The summed E-state index contributed by atoms with van der Waals surface area (Å²) in [4.78, 5) is 24.4. The fourth-order valence-electron chi connectivity index (χ4n) is 2.03. The molecule has 0 radical (unpaired) electrons. The van der Waals surface area contributed by atoms with Crippen LogP contribution in [0.5, 0.6) is 0 Å². The van der Waals surface area contributed by atoms with E-state index in [1.165, 1.54) is 4.57 Å². The number of aliphatic hydroxyl groups excluding tert-OH is 1. The molecule has 0 saturated heterocycles. The van der Waals surface area contributed by atoms with Crippen molar-refractivity contribution in [1.82, 2.24) is 5.01 Å². The van der Waals surface area contributed by atoms with Crippen LogP contribution >= 0.6 is 0 Å². The number of aliphatic hydroxyl groups is 1. The zero-order valence-corrected chi connectivity index (χ0v) is 10.9. The molecule has 0 aliphatic carbocycles. The normalized spacial score (nSPS) is 14.8. The third kappa shape index (κ3) is 2.23. The minimum atomic E-state index is -0.782. The Kier molecular flexibility index (Phi) is 3.12. The monoisotopic (exact) mass is 282 g/mol. The topological polar surface area (TPSA) is 73.5 Å². The van der Waals surface area contributed by atoms with Gasteiger partial charge in [0, 0.05) is 12.1 Å². The van der Waals surface area contributed by atoms with Crippen molar-refractivity contribution in [2.75, 3.05) is 5.43 Å². The molecule has 0 bridgehead atoms. The highest BCUT2D eigenvalue weighted by Crippen LogP contribution is 2.19. The quantitative estimate of drug-likeness (QED) is 0.653. The second-order valence-electron chi connectivity index (χ2n) is 4.40. The van der Waals surface area contributed by atoms with Crippen LogP contribution in [0.1, 0.15) is 0 Å². The Hall–Kier alpha value is -3.15. The molecule has 3 rings (SSSR count). The van der Waals surface area contributed by atoms with Gasteiger partial charge in [0.2, 0.25) is 0 Å². The lowest BCUT2D eigenvalue weighted by Gasteiger charge is -2.15. The molecule has 0 spiro atoms. The van der Waals surface area contributed by atoms with Crippen molar-refractivity contribution in [3.05, 3.63) is 66.7 Å². The summed E-state index contributed by atoms with van der Waals surface area (Å²) in [5.74, 6) is -1.98. The highest BCUT2D eigenvalue weighted by atomic mass is 16.3. The first-order valence-corrected chi connectivity index (χ1v) is 6.29. The smallest absolute Gasteiger partial charge is 0.349 e. The number of nitrogens with zero attached hydrogens (tertiary/aromatic N) is 2. The van der Waals surface area contributed by atoms with Crippen LogP contribution in [0.4, 0.5) is 5.69 Å². The van der Waals surface area contributed by atoms with Crippen molar-refractivity contribution in [2.24, 2.45) is 0 Å². The lowest BCUT2D eigenvalue weighted by molar-refractivity contribution is -0.578. The second-order valence-corrected chi connectivity index (χ2v) is 4.40. The van der Waals surface area contributed by atoms with Gasteiger partial charge in [0.15, 0.2) is 12.4 Å². The molecule has 21 heavy (non-hydrogen) atoms. The van der Waals surface area contributed by atoms with E-state index in [9.17, 15) is 14.7 Å². The Morgan fingerprint density at radius 2 is 1.52 bits per heavy atom. The molecule has 6 heteroatoms. The van der Waals surface area contributed by atoms with E-state index in [1.807, 2.05) is 6.07 Å². The van der Waals surface area contributed by atoms with Crippen molar-refractivity contribution in [3.63, 3.8) is 0 Å². The number of benzene rings is 1. The molecule has 0 fully saturated rings. The number of aromatic nitrogens is 1. The number of nitrogens with one attached hydrogen (secondary N) is 1. The maximum Gasteiger partial charge on any atom is 0.349 e. The fraction of sp³-hybridized carbons (Fsp3) is 0. The number of rotatable bonds is 3. The summed E-state index contributed by atoms with van der Waals surface area (Å²) in [5, 5.41) is 10.7. The van der Waals surface area contributed by atoms with Gasteiger partial charge in [0.05, 0.1) is 5.69 Å². The summed E-state index contributed by atoms with van der Waals surface area (Å²) >= 11 is 0. The minimum absolute atomic E-state index is 0.0796. The standard InChI is InChI=1S/C15H11N3O3/c19-13-12(17-9-5-2-6-10-17)14(20)18(15(13)21)16-11-7-3-1-4-8-11/h1-10,16H/p+1. The molecule has 1 aliphatic heterocycles. The fourth-order valence-corrected chi connectivity index (χ4v) is 2.03. The van der Waals surface area contributed by atoms with Gasteiger partial charge in [-0.25, -0.2) is 0 Å². The Morgan fingerprint density at radius 3 is 2.19 bits per heavy atom. The van der Waals surface area contributed by atoms with Crippen LogP contribution in [0.2, 0.25) is 0 Å². The van der Waals surface area contributed by atoms with Gasteiger partial charge in [-0.05, 0) is 12.1 Å². The SMILES string of the molecule is O=C1C(O)=C([n+]2ccccc2)C(=O)N1Nc1ccccc1. The van der Waals surface area contributed by atoms with Gasteiger partial charge in [-0.15, -0.1) is 0 Å². The molecule has 0 atom stereocenters. The van der Waals surface area contributed by atoms with Crippen LogP contribution in [0.15, 0.2) is 66.7 Å². The van der Waals surface area contributed by atoms with Crippen molar-refractivity contribution in [2.45, 2.75) is 0 Å². The van der Waals surface area contributed by atoms with E-state index in [2.05, 4.69) is 5.43 Å². The van der Waals surface area contributed by atoms with E-state index in [0.717, 1.165) is 5.01 Å². The predicted molar refractivity (Wildman–Crippen MR) is 74.4 cm³/mol.